The summed E-state index contributed by atoms with van der Waals surface area (Å²) in [5.74, 6) is -1.78. The van der Waals surface area contributed by atoms with Crippen LogP contribution >= 0.6 is 0 Å². The molecule has 0 unspecified atom stereocenters. The van der Waals surface area contributed by atoms with Crippen molar-refractivity contribution < 1.29 is 24.1 Å². The van der Waals surface area contributed by atoms with Gasteiger partial charge in [0.05, 0.1) is 12.5 Å². The minimum absolute atomic E-state index is 0.161. The summed E-state index contributed by atoms with van der Waals surface area (Å²) >= 11 is 0. The van der Waals surface area contributed by atoms with Crippen LogP contribution in [-0.2, 0) is 9.53 Å². The van der Waals surface area contributed by atoms with E-state index in [1.165, 1.54) is 0 Å². The quantitative estimate of drug-likeness (QED) is 0.550. The van der Waals surface area contributed by atoms with Crippen LogP contribution in [0.4, 0.5) is 0 Å². The number of fused-ring (bicyclic) bond motifs is 1. The van der Waals surface area contributed by atoms with Gasteiger partial charge >= 0.3 is 5.97 Å². The number of aliphatic hydroxyl groups excluding tert-OH is 1. The zero-order chi connectivity index (χ0) is 12.2. The topological polar surface area (TPSA) is 103 Å². The Morgan fingerprint density at radius 3 is 2.82 bits per heavy atom. The van der Waals surface area contributed by atoms with Crippen molar-refractivity contribution in [2.75, 3.05) is 6.61 Å². The smallest absolute Gasteiger partial charge is 0.310 e. The number of hydrogen-bond donors (Lipinski definition) is 1. The Morgan fingerprint density at radius 1 is 1.47 bits per heavy atom. The number of carbonyl (C=O) groups excluding carboxylic acids is 2. The monoisotopic (exact) mass is 238 g/mol. The van der Waals surface area contributed by atoms with Crippen molar-refractivity contribution >= 4 is 11.8 Å². The molecule has 7 heteroatoms. The summed E-state index contributed by atoms with van der Waals surface area (Å²) in [4.78, 5) is 23.5. The van der Waals surface area contributed by atoms with Crippen molar-refractivity contribution in [3.8, 4) is 0 Å². The second kappa shape index (κ2) is 3.36. The first kappa shape index (κ1) is 10.4. The Kier molecular flexibility index (Phi) is 2.06. The van der Waals surface area contributed by atoms with Crippen LogP contribution < -0.4 is 0 Å². The van der Waals surface area contributed by atoms with Crippen LogP contribution in [0.2, 0.25) is 0 Å². The first-order chi connectivity index (χ1) is 8.15. The summed E-state index contributed by atoms with van der Waals surface area (Å²) in [6.45, 7) is 1.36. The fourth-order valence-corrected chi connectivity index (χ4v) is 2.52. The molecule has 1 aromatic rings. The predicted octanol–water partition coefficient (Wildman–Crippen LogP) is -0.659. The third-order valence-corrected chi connectivity index (χ3v) is 3.41. The van der Waals surface area contributed by atoms with Crippen LogP contribution in [-0.4, -0.2) is 39.9 Å². The maximum Gasteiger partial charge on any atom is 0.310 e. The van der Waals surface area contributed by atoms with Crippen molar-refractivity contribution in [3.05, 3.63) is 11.4 Å². The standard InChI is InChI=1S/C10H10N2O5/c1-3-8(12-17-11-3)9(14)6-5-4(2-13)16-10(15)7(5)6/h4-7,13H,2H2,1H3/t4-,5+,6+,7+/m1/s1. The summed E-state index contributed by atoms with van der Waals surface area (Å²) in [5, 5.41) is 16.1. The fourth-order valence-electron chi connectivity index (χ4n) is 2.52. The van der Waals surface area contributed by atoms with Gasteiger partial charge in [-0.05, 0) is 12.1 Å². The van der Waals surface area contributed by atoms with Gasteiger partial charge in [-0.15, -0.1) is 0 Å². The van der Waals surface area contributed by atoms with Crippen molar-refractivity contribution in [1.82, 2.24) is 10.3 Å². The molecule has 0 radical (unpaired) electrons. The number of esters is 1. The molecule has 1 saturated heterocycles. The highest BCUT2D eigenvalue weighted by molar-refractivity contribution is 6.03. The molecule has 1 aliphatic carbocycles. The molecule has 0 amide bonds. The summed E-state index contributed by atoms with van der Waals surface area (Å²) in [6.07, 6.45) is -0.568. The van der Waals surface area contributed by atoms with E-state index in [0.29, 0.717) is 5.69 Å². The van der Waals surface area contributed by atoms with Crippen molar-refractivity contribution in [1.29, 1.82) is 0 Å². The maximum absolute atomic E-state index is 12.1. The number of ether oxygens (including phenoxy) is 1. The van der Waals surface area contributed by atoms with Gasteiger partial charge < -0.3 is 9.84 Å². The molecule has 0 spiro atoms. The van der Waals surface area contributed by atoms with Gasteiger partial charge in [-0.2, -0.15) is 0 Å². The highest BCUT2D eigenvalue weighted by Crippen LogP contribution is 2.56. The Labute approximate surface area is 95.7 Å². The molecule has 3 rings (SSSR count). The number of aryl methyl sites for hydroxylation is 1. The third kappa shape index (κ3) is 1.32. The van der Waals surface area contributed by atoms with Gasteiger partial charge in [-0.25, -0.2) is 4.63 Å². The number of hydrogen-bond acceptors (Lipinski definition) is 7. The van der Waals surface area contributed by atoms with Crippen LogP contribution in [0.15, 0.2) is 4.63 Å². The van der Waals surface area contributed by atoms with Gasteiger partial charge in [0.1, 0.15) is 11.8 Å². The number of ketones is 1. The molecular weight excluding hydrogens is 228 g/mol. The number of aliphatic hydroxyl groups is 1. The summed E-state index contributed by atoms with van der Waals surface area (Å²) in [6, 6.07) is 0. The Bertz CT molecular complexity index is 497. The molecule has 1 saturated carbocycles. The number of rotatable bonds is 3. The second-order valence-corrected chi connectivity index (χ2v) is 4.35. The molecule has 2 heterocycles. The molecule has 1 N–H and O–H groups in total. The van der Waals surface area contributed by atoms with Gasteiger partial charge in [-0.1, -0.05) is 5.16 Å². The molecule has 1 aliphatic heterocycles. The second-order valence-electron chi connectivity index (χ2n) is 4.35. The fraction of sp³-hybridized carbons (Fsp3) is 0.600. The highest BCUT2D eigenvalue weighted by Gasteiger charge is 2.68. The van der Waals surface area contributed by atoms with Gasteiger partial charge in [0.25, 0.3) is 0 Å². The average Bonchev–Trinajstić information content (AvgIpc) is 2.77. The van der Waals surface area contributed by atoms with E-state index in [1.807, 2.05) is 0 Å². The summed E-state index contributed by atoms with van der Waals surface area (Å²) in [7, 11) is 0. The molecule has 2 fully saturated rings. The molecule has 90 valence electrons. The molecule has 0 bridgehead atoms. The largest absolute Gasteiger partial charge is 0.459 e. The Morgan fingerprint density at radius 2 is 2.24 bits per heavy atom. The average molecular weight is 238 g/mol. The molecule has 0 aromatic carbocycles. The summed E-state index contributed by atoms with van der Waals surface area (Å²) in [5.41, 5.74) is 0.572. The van der Waals surface area contributed by atoms with Crippen LogP contribution in [0.5, 0.6) is 0 Å². The number of nitrogens with zero attached hydrogens (tertiary/aromatic N) is 2. The van der Waals surface area contributed by atoms with Crippen LogP contribution in [0.3, 0.4) is 0 Å². The maximum atomic E-state index is 12.1. The van der Waals surface area contributed by atoms with Crippen molar-refractivity contribution in [2.24, 2.45) is 17.8 Å². The van der Waals surface area contributed by atoms with E-state index < -0.39 is 23.9 Å². The molecule has 2 aliphatic rings. The molecule has 1 aromatic heterocycles. The van der Waals surface area contributed by atoms with E-state index >= 15 is 0 Å². The van der Waals surface area contributed by atoms with Crippen molar-refractivity contribution in [3.63, 3.8) is 0 Å². The lowest BCUT2D eigenvalue weighted by Crippen LogP contribution is -2.23. The first-order valence-electron chi connectivity index (χ1n) is 5.30. The van der Waals surface area contributed by atoms with E-state index in [9.17, 15) is 9.59 Å². The third-order valence-electron chi connectivity index (χ3n) is 3.41. The SMILES string of the molecule is Cc1nonc1C(=O)[C@@H]1[C@H]2C(=O)O[C@H](CO)[C@H]21. The van der Waals surface area contributed by atoms with E-state index in [4.69, 9.17) is 9.84 Å². The predicted molar refractivity (Wildman–Crippen MR) is 50.8 cm³/mol. The molecule has 4 atom stereocenters. The van der Waals surface area contributed by atoms with Crippen molar-refractivity contribution in [2.45, 2.75) is 13.0 Å². The minimum Gasteiger partial charge on any atom is -0.459 e. The van der Waals surface area contributed by atoms with Gasteiger partial charge in [-0.3, -0.25) is 9.59 Å². The lowest BCUT2D eigenvalue weighted by Gasteiger charge is -2.10. The Balaban J connectivity index is 1.83. The normalized spacial score (nSPS) is 34.4. The number of carbonyl (C=O) groups is 2. The number of cyclic esters (lactones) is 1. The van der Waals surface area contributed by atoms with Gasteiger partial charge in [0, 0.05) is 11.8 Å². The Hall–Kier alpha value is -1.76. The van der Waals surface area contributed by atoms with Gasteiger partial charge in [0.2, 0.25) is 0 Å². The van der Waals surface area contributed by atoms with Crippen LogP contribution in [0.1, 0.15) is 16.2 Å². The minimum atomic E-state index is -0.568. The van der Waals surface area contributed by atoms with Crippen LogP contribution in [0.25, 0.3) is 0 Å². The van der Waals surface area contributed by atoms with Crippen LogP contribution in [0, 0.1) is 24.7 Å². The van der Waals surface area contributed by atoms with E-state index in [2.05, 4.69) is 14.9 Å². The lowest BCUT2D eigenvalue weighted by molar-refractivity contribution is -0.147. The molecular formula is C10H10N2O5. The van der Waals surface area contributed by atoms with E-state index in [0.717, 1.165) is 0 Å². The number of aromatic nitrogens is 2. The van der Waals surface area contributed by atoms with E-state index in [-0.39, 0.29) is 24.0 Å². The summed E-state index contributed by atoms with van der Waals surface area (Å²) < 4.78 is 9.36. The zero-order valence-corrected chi connectivity index (χ0v) is 8.99. The number of Topliss-reactive ketones (excluding diaryl/α,β-unsaturated/α-hetero) is 1. The highest BCUT2D eigenvalue weighted by atomic mass is 16.6. The molecule has 7 nitrogen and oxygen atoms in total. The zero-order valence-electron chi connectivity index (χ0n) is 8.99. The first-order valence-corrected chi connectivity index (χ1v) is 5.30. The van der Waals surface area contributed by atoms with Gasteiger partial charge in [0.15, 0.2) is 11.5 Å². The lowest BCUT2D eigenvalue weighted by atomic mass is 10.1. The molecule has 17 heavy (non-hydrogen) atoms. The van der Waals surface area contributed by atoms with E-state index in [1.54, 1.807) is 6.92 Å².